The molecular formula is C12H6N2O8. The van der Waals surface area contributed by atoms with Crippen molar-refractivity contribution in [2.24, 2.45) is 0 Å². The summed E-state index contributed by atoms with van der Waals surface area (Å²) in [6.07, 6.45) is 0.326. The Kier molecular flexibility index (Phi) is 3.67. The van der Waals surface area contributed by atoms with Crippen LogP contribution < -0.4 is 0 Å². The molecule has 22 heavy (non-hydrogen) atoms. The minimum atomic E-state index is -1.55. The maximum atomic E-state index is 11.1. The normalized spacial score (nSPS) is 10.2. The van der Waals surface area contributed by atoms with Gasteiger partial charge in [0.25, 0.3) is 11.4 Å². The van der Waals surface area contributed by atoms with Crippen LogP contribution in [0.2, 0.25) is 0 Å². The van der Waals surface area contributed by atoms with Gasteiger partial charge in [0.15, 0.2) is 17.6 Å². The summed E-state index contributed by atoms with van der Waals surface area (Å²) in [5.41, 5.74) is -2.73. The molecule has 0 aliphatic heterocycles. The van der Waals surface area contributed by atoms with E-state index in [1.807, 2.05) is 0 Å². The molecule has 0 amide bonds. The van der Waals surface area contributed by atoms with Crippen molar-refractivity contribution >= 4 is 23.6 Å². The monoisotopic (exact) mass is 306 g/mol. The van der Waals surface area contributed by atoms with Crippen molar-refractivity contribution < 1.29 is 29.0 Å². The first-order valence-electron chi connectivity index (χ1n) is 5.60. The molecule has 1 heterocycles. The van der Waals surface area contributed by atoms with E-state index in [2.05, 4.69) is 0 Å². The number of furan rings is 1. The molecule has 1 aromatic heterocycles. The van der Waals surface area contributed by atoms with E-state index in [0.717, 1.165) is 6.07 Å². The van der Waals surface area contributed by atoms with Crippen molar-refractivity contribution in [3.8, 4) is 11.3 Å². The Hall–Kier alpha value is -3.56. The molecule has 0 saturated heterocycles. The van der Waals surface area contributed by atoms with E-state index in [0.29, 0.717) is 18.4 Å². The SMILES string of the molecule is O=Cc1ccc(-c2c([N+](=O)[O-])cc(C(=O)O)cc2[N+](=O)[O-])o1. The molecule has 2 aromatic rings. The number of carbonyl (C=O) groups is 2. The average Bonchev–Trinajstić information content (AvgIpc) is 2.94. The van der Waals surface area contributed by atoms with Gasteiger partial charge in [0.2, 0.25) is 0 Å². The second-order valence-electron chi connectivity index (χ2n) is 4.03. The van der Waals surface area contributed by atoms with Gasteiger partial charge in [-0.15, -0.1) is 0 Å². The lowest BCUT2D eigenvalue weighted by Crippen LogP contribution is -2.03. The Morgan fingerprint density at radius 3 is 2.05 bits per heavy atom. The molecule has 0 saturated carbocycles. The fraction of sp³-hybridized carbons (Fsp3) is 0. The van der Waals surface area contributed by atoms with Gasteiger partial charge in [0.05, 0.1) is 15.4 Å². The van der Waals surface area contributed by atoms with Crippen molar-refractivity contribution in [1.29, 1.82) is 0 Å². The number of nitrogens with zero attached hydrogens (tertiary/aromatic N) is 2. The van der Waals surface area contributed by atoms with Crippen LogP contribution in [0.15, 0.2) is 28.7 Å². The topological polar surface area (TPSA) is 154 Å². The Morgan fingerprint density at radius 2 is 1.68 bits per heavy atom. The number of carboxylic acids is 1. The summed E-state index contributed by atoms with van der Waals surface area (Å²) in [4.78, 5) is 41.8. The first-order valence-corrected chi connectivity index (χ1v) is 5.60. The summed E-state index contributed by atoms with van der Waals surface area (Å²) in [5, 5.41) is 31.1. The van der Waals surface area contributed by atoms with Crippen molar-refractivity contribution in [2.75, 3.05) is 0 Å². The lowest BCUT2D eigenvalue weighted by molar-refractivity contribution is -0.392. The van der Waals surface area contributed by atoms with Crippen molar-refractivity contribution in [3.63, 3.8) is 0 Å². The molecule has 0 unspecified atom stereocenters. The Bertz CT molecular complexity index is 772. The fourth-order valence-electron chi connectivity index (χ4n) is 1.83. The zero-order valence-electron chi connectivity index (χ0n) is 10.6. The number of hydrogen-bond donors (Lipinski definition) is 1. The lowest BCUT2D eigenvalue weighted by atomic mass is 10.0. The zero-order chi connectivity index (χ0) is 16.4. The van der Waals surface area contributed by atoms with Crippen molar-refractivity contribution in [3.05, 3.63) is 55.8 Å². The molecule has 1 aromatic carbocycles. The number of aldehydes is 1. The number of nitro benzene ring substituents is 2. The highest BCUT2D eigenvalue weighted by Gasteiger charge is 2.31. The zero-order valence-corrected chi connectivity index (χ0v) is 10.6. The predicted octanol–water partition coefficient (Wildman–Crippen LogP) is 2.27. The van der Waals surface area contributed by atoms with Crippen LogP contribution in [-0.4, -0.2) is 27.2 Å². The van der Waals surface area contributed by atoms with E-state index in [9.17, 15) is 29.8 Å². The Balaban J connectivity index is 2.84. The first-order chi connectivity index (χ1) is 10.3. The van der Waals surface area contributed by atoms with Crippen LogP contribution in [-0.2, 0) is 0 Å². The summed E-state index contributed by atoms with van der Waals surface area (Å²) in [7, 11) is 0. The number of rotatable bonds is 5. The van der Waals surface area contributed by atoms with E-state index in [-0.39, 0.29) is 11.5 Å². The molecule has 10 nitrogen and oxygen atoms in total. The number of carbonyl (C=O) groups excluding carboxylic acids is 1. The lowest BCUT2D eigenvalue weighted by Gasteiger charge is -2.03. The number of hydrogen-bond acceptors (Lipinski definition) is 7. The molecular weight excluding hydrogens is 300 g/mol. The van der Waals surface area contributed by atoms with Crippen LogP contribution in [0.4, 0.5) is 11.4 Å². The van der Waals surface area contributed by atoms with Gasteiger partial charge in [-0.25, -0.2) is 4.79 Å². The minimum absolute atomic E-state index is 0.180. The highest BCUT2D eigenvalue weighted by atomic mass is 16.6. The first kappa shape index (κ1) is 14.8. The molecule has 0 aliphatic carbocycles. The van der Waals surface area contributed by atoms with Crippen molar-refractivity contribution in [1.82, 2.24) is 0 Å². The second kappa shape index (κ2) is 5.44. The van der Waals surface area contributed by atoms with Crippen LogP contribution >= 0.6 is 0 Å². The number of nitro groups is 2. The summed E-state index contributed by atoms with van der Waals surface area (Å²) < 4.78 is 4.98. The van der Waals surface area contributed by atoms with Crippen LogP contribution in [0.1, 0.15) is 20.9 Å². The molecule has 0 radical (unpaired) electrons. The molecule has 0 aliphatic rings. The van der Waals surface area contributed by atoms with E-state index in [1.165, 1.54) is 6.07 Å². The van der Waals surface area contributed by atoms with Gasteiger partial charge >= 0.3 is 5.97 Å². The van der Waals surface area contributed by atoms with Crippen molar-refractivity contribution in [2.45, 2.75) is 0 Å². The standard InChI is InChI=1S/C12H6N2O8/c15-5-7-1-2-10(22-7)11-8(13(18)19)3-6(12(16)17)4-9(11)14(20)21/h1-5H,(H,16,17). The van der Waals surface area contributed by atoms with Gasteiger partial charge in [-0.3, -0.25) is 25.0 Å². The predicted molar refractivity (Wildman–Crippen MR) is 69.8 cm³/mol. The second-order valence-corrected chi connectivity index (χ2v) is 4.03. The van der Waals surface area contributed by atoms with E-state index < -0.39 is 38.3 Å². The maximum absolute atomic E-state index is 11.1. The van der Waals surface area contributed by atoms with Gasteiger partial charge in [-0.05, 0) is 12.1 Å². The number of benzene rings is 1. The Labute approximate surface area is 120 Å². The molecule has 2 rings (SSSR count). The largest absolute Gasteiger partial charge is 0.478 e. The highest BCUT2D eigenvalue weighted by molar-refractivity contribution is 5.93. The third kappa shape index (κ3) is 2.52. The van der Waals surface area contributed by atoms with E-state index in [4.69, 9.17) is 9.52 Å². The molecule has 0 bridgehead atoms. The highest BCUT2D eigenvalue weighted by Crippen LogP contribution is 2.39. The third-order valence-electron chi connectivity index (χ3n) is 2.73. The van der Waals surface area contributed by atoms with Crippen LogP contribution in [0.25, 0.3) is 11.3 Å². The van der Waals surface area contributed by atoms with Gasteiger partial charge < -0.3 is 9.52 Å². The molecule has 1 N–H and O–H groups in total. The molecule has 10 heteroatoms. The van der Waals surface area contributed by atoms with Gasteiger partial charge in [-0.1, -0.05) is 0 Å². The summed E-state index contributed by atoms with van der Waals surface area (Å²) >= 11 is 0. The smallest absolute Gasteiger partial charge is 0.336 e. The van der Waals surface area contributed by atoms with Gasteiger partial charge in [-0.2, -0.15) is 0 Å². The van der Waals surface area contributed by atoms with Crippen LogP contribution in [0.3, 0.4) is 0 Å². The number of aromatic carboxylic acids is 1. The van der Waals surface area contributed by atoms with E-state index >= 15 is 0 Å². The van der Waals surface area contributed by atoms with Crippen LogP contribution in [0.5, 0.6) is 0 Å². The number of carboxylic acid groups (broad SMARTS) is 1. The summed E-state index contributed by atoms with van der Waals surface area (Å²) in [5.74, 6) is -2.01. The Morgan fingerprint density at radius 1 is 1.14 bits per heavy atom. The quantitative estimate of drug-likeness (QED) is 0.501. The minimum Gasteiger partial charge on any atom is -0.478 e. The van der Waals surface area contributed by atoms with Gasteiger partial charge in [0, 0.05) is 12.1 Å². The van der Waals surface area contributed by atoms with E-state index in [1.54, 1.807) is 0 Å². The maximum Gasteiger partial charge on any atom is 0.336 e. The molecule has 112 valence electrons. The summed E-state index contributed by atoms with van der Waals surface area (Å²) in [6, 6.07) is 3.71. The third-order valence-corrected chi connectivity index (χ3v) is 2.73. The molecule has 0 spiro atoms. The summed E-state index contributed by atoms with van der Waals surface area (Å²) in [6.45, 7) is 0. The van der Waals surface area contributed by atoms with Gasteiger partial charge in [0.1, 0.15) is 5.76 Å². The van der Waals surface area contributed by atoms with Crippen LogP contribution in [0, 0.1) is 20.2 Å². The average molecular weight is 306 g/mol. The fourth-order valence-corrected chi connectivity index (χ4v) is 1.83. The molecule has 0 atom stereocenters. The molecule has 0 fully saturated rings.